The normalized spacial score (nSPS) is 15.9. The lowest BCUT2D eigenvalue weighted by atomic mass is 10.2. The first-order valence-electron chi connectivity index (χ1n) is 4.84. The predicted octanol–water partition coefficient (Wildman–Crippen LogP) is 1.80. The molecule has 1 aromatic rings. The molecule has 1 fully saturated rings. The van der Waals surface area contributed by atoms with Crippen molar-refractivity contribution in [1.29, 1.82) is 0 Å². The lowest BCUT2D eigenvalue weighted by Gasteiger charge is -2.17. The molecule has 3 nitrogen and oxygen atoms in total. The zero-order valence-electron chi connectivity index (χ0n) is 7.94. The first kappa shape index (κ1) is 9.06. The van der Waals surface area contributed by atoms with Crippen LogP contribution in [0.4, 0.5) is 5.69 Å². The zero-order valence-corrected chi connectivity index (χ0v) is 7.94. The van der Waals surface area contributed by atoms with Gasteiger partial charge in [-0.1, -0.05) is 0 Å². The summed E-state index contributed by atoms with van der Waals surface area (Å²) in [6, 6.07) is 5.21. The maximum absolute atomic E-state index is 10.5. The van der Waals surface area contributed by atoms with Gasteiger partial charge in [-0.3, -0.25) is 4.79 Å². The van der Waals surface area contributed by atoms with Crippen LogP contribution in [0.2, 0.25) is 0 Å². The average molecular weight is 191 g/mol. The number of hydrogen-bond donors (Lipinski definition) is 1. The van der Waals surface area contributed by atoms with Gasteiger partial charge < -0.3 is 10.0 Å². The quantitative estimate of drug-likeness (QED) is 0.725. The minimum atomic E-state index is 0.0735. The highest BCUT2D eigenvalue weighted by atomic mass is 16.3. The minimum Gasteiger partial charge on any atom is -0.507 e. The van der Waals surface area contributed by atoms with Crippen LogP contribution in [0, 0.1) is 0 Å². The van der Waals surface area contributed by atoms with Gasteiger partial charge >= 0.3 is 0 Å². The molecule has 1 N–H and O–H groups in total. The summed E-state index contributed by atoms with van der Waals surface area (Å²) in [7, 11) is 0. The first-order chi connectivity index (χ1) is 6.81. The molecule has 1 heterocycles. The number of aldehydes is 1. The smallest absolute Gasteiger partial charge is 0.153 e. The molecular formula is C11H13NO2. The van der Waals surface area contributed by atoms with Gasteiger partial charge in [-0.05, 0) is 25.0 Å². The van der Waals surface area contributed by atoms with Gasteiger partial charge in [0.2, 0.25) is 0 Å². The molecule has 1 aliphatic rings. The van der Waals surface area contributed by atoms with E-state index in [9.17, 15) is 9.90 Å². The molecule has 0 unspecified atom stereocenters. The standard InChI is InChI=1S/C11H13NO2/c13-8-9-3-4-10(7-11(9)14)12-5-1-2-6-12/h3-4,7-8,14H,1-2,5-6H2. The lowest BCUT2D eigenvalue weighted by Crippen LogP contribution is -2.17. The van der Waals surface area contributed by atoms with Crippen LogP contribution in [0.3, 0.4) is 0 Å². The first-order valence-corrected chi connectivity index (χ1v) is 4.84. The maximum atomic E-state index is 10.5. The Balaban J connectivity index is 2.27. The molecule has 0 bridgehead atoms. The van der Waals surface area contributed by atoms with E-state index in [0.717, 1.165) is 18.8 Å². The van der Waals surface area contributed by atoms with Crippen LogP contribution in [-0.4, -0.2) is 24.5 Å². The van der Waals surface area contributed by atoms with Gasteiger partial charge in [0.15, 0.2) is 6.29 Å². The van der Waals surface area contributed by atoms with E-state index in [4.69, 9.17) is 0 Å². The second-order valence-electron chi connectivity index (χ2n) is 3.56. The van der Waals surface area contributed by atoms with Crippen molar-refractivity contribution in [1.82, 2.24) is 0 Å². The Labute approximate surface area is 83.0 Å². The maximum Gasteiger partial charge on any atom is 0.153 e. The number of aromatic hydroxyl groups is 1. The molecule has 2 rings (SSSR count). The van der Waals surface area contributed by atoms with E-state index in [1.165, 1.54) is 12.8 Å². The van der Waals surface area contributed by atoms with Crippen molar-refractivity contribution in [2.75, 3.05) is 18.0 Å². The third kappa shape index (κ3) is 1.58. The summed E-state index contributed by atoms with van der Waals surface area (Å²) < 4.78 is 0. The van der Waals surface area contributed by atoms with Crippen LogP contribution in [0.25, 0.3) is 0 Å². The molecule has 3 heteroatoms. The van der Waals surface area contributed by atoms with E-state index >= 15 is 0 Å². The summed E-state index contributed by atoms with van der Waals surface area (Å²) in [4.78, 5) is 12.7. The Kier molecular flexibility index (Phi) is 2.39. The van der Waals surface area contributed by atoms with Crippen LogP contribution in [0.5, 0.6) is 5.75 Å². The van der Waals surface area contributed by atoms with Crippen LogP contribution in [0.1, 0.15) is 23.2 Å². The largest absolute Gasteiger partial charge is 0.507 e. The van der Waals surface area contributed by atoms with Crippen molar-refractivity contribution >= 4 is 12.0 Å². The molecule has 0 spiro atoms. The minimum absolute atomic E-state index is 0.0735. The number of nitrogens with zero attached hydrogens (tertiary/aromatic N) is 1. The summed E-state index contributed by atoms with van der Waals surface area (Å²) in [5.74, 6) is 0.0735. The van der Waals surface area contributed by atoms with Gasteiger partial charge in [0.05, 0.1) is 5.56 Å². The van der Waals surface area contributed by atoms with E-state index in [-0.39, 0.29) is 5.75 Å². The van der Waals surface area contributed by atoms with Crippen LogP contribution in [-0.2, 0) is 0 Å². The Morgan fingerprint density at radius 1 is 1.29 bits per heavy atom. The third-order valence-electron chi connectivity index (χ3n) is 2.61. The fourth-order valence-electron chi connectivity index (χ4n) is 1.80. The highest BCUT2D eigenvalue weighted by Gasteiger charge is 2.13. The number of carbonyl (C=O) groups excluding carboxylic acids is 1. The molecule has 1 aliphatic heterocycles. The van der Waals surface area contributed by atoms with Gasteiger partial charge in [0, 0.05) is 24.8 Å². The molecule has 0 amide bonds. The second kappa shape index (κ2) is 3.70. The Bertz CT molecular complexity index is 343. The fourth-order valence-corrected chi connectivity index (χ4v) is 1.80. The monoisotopic (exact) mass is 191 g/mol. The predicted molar refractivity (Wildman–Crippen MR) is 54.9 cm³/mol. The highest BCUT2D eigenvalue weighted by Crippen LogP contribution is 2.26. The topological polar surface area (TPSA) is 40.5 Å². The van der Waals surface area contributed by atoms with Crippen LogP contribution < -0.4 is 4.90 Å². The molecule has 1 aromatic carbocycles. The Hall–Kier alpha value is -1.51. The number of hydrogen-bond acceptors (Lipinski definition) is 3. The molecule has 0 aromatic heterocycles. The third-order valence-corrected chi connectivity index (χ3v) is 2.61. The Morgan fingerprint density at radius 2 is 2.00 bits per heavy atom. The molecule has 14 heavy (non-hydrogen) atoms. The van der Waals surface area contributed by atoms with Gasteiger partial charge in [-0.2, -0.15) is 0 Å². The van der Waals surface area contributed by atoms with Crippen molar-refractivity contribution in [3.8, 4) is 5.75 Å². The SMILES string of the molecule is O=Cc1ccc(N2CCCC2)cc1O. The van der Waals surface area contributed by atoms with Crippen molar-refractivity contribution in [2.24, 2.45) is 0 Å². The highest BCUT2D eigenvalue weighted by molar-refractivity contribution is 5.80. The van der Waals surface area contributed by atoms with E-state index in [1.807, 2.05) is 6.07 Å². The summed E-state index contributed by atoms with van der Waals surface area (Å²) in [6.45, 7) is 2.08. The molecule has 1 saturated heterocycles. The van der Waals surface area contributed by atoms with E-state index in [0.29, 0.717) is 11.8 Å². The number of phenols is 1. The van der Waals surface area contributed by atoms with Gasteiger partial charge in [0.1, 0.15) is 5.75 Å². The molecular weight excluding hydrogens is 178 g/mol. The number of anilines is 1. The molecule has 0 radical (unpaired) electrons. The Morgan fingerprint density at radius 3 is 2.57 bits per heavy atom. The summed E-state index contributed by atoms with van der Waals surface area (Å²) in [5.41, 5.74) is 1.36. The number of rotatable bonds is 2. The van der Waals surface area contributed by atoms with Crippen molar-refractivity contribution in [3.63, 3.8) is 0 Å². The average Bonchev–Trinajstić information content (AvgIpc) is 2.70. The summed E-state index contributed by atoms with van der Waals surface area (Å²) >= 11 is 0. The summed E-state index contributed by atoms with van der Waals surface area (Å²) in [6.07, 6.45) is 3.08. The van der Waals surface area contributed by atoms with E-state index in [1.54, 1.807) is 12.1 Å². The van der Waals surface area contributed by atoms with Crippen molar-refractivity contribution in [2.45, 2.75) is 12.8 Å². The van der Waals surface area contributed by atoms with E-state index < -0.39 is 0 Å². The van der Waals surface area contributed by atoms with E-state index in [2.05, 4.69) is 4.90 Å². The number of phenolic OH excluding ortho intramolecular Hbond substituents is 1. The summed E-state index contributed by atoms with van der Waals surface area (Å²) in [5, 5.41) is 9.49. The van der Waals surface area contributed by atoms with Gasteiger partial charge in [-0.25, -0.2) is 0 Å². The van der Waals surface area contributed by atoms with Crippen LogP contribution in [0.15, 0.2) is 18.2 Å². The zero-order chi connectivity index (χ0) is 9.97. The van der Waals surface area contributed by atoms with Gasteiger partial charge in [0.25, 0.3) is 0 Å². The van der Waals surface area contributed by atoms with Crippen molar-refractivity contribution < 1.29 is 9.90 Å². The number of benzene rings is 1. The molecule has 0 atom stereocenters. The van der Waals surface area contributed by atoms with Gasteiger partial charge in [-0.15, -0.1) is 0 Å². The fraction of sp³-hybridized carbons (Fsp3) is 0.364. The molecule has 74 valence electrons. The second-order valence-corrected chi connectivity index (χ2v) is 3.56. The van der Waals surface area contributed by atoms with Crippen LogP contribution >= 0.6 is 0 Å². The molecule has 0 saturated carbocycles. The van der Waals surface area contributed by atoms with Crippen molar-refractivity contribution in [3.05, 3.63) is 23.8 Å². The lowest BCUT2D eigenvalue weighted by molar-refractivity contribution is 0.112. The number of carbonyl (C=O) groups is 1. The molecule has 0 aliphatic carbocycles.